The Morgan fingerprint density at radius 1 is 0.791 bits per heavy atom. The molecular formula is C67H110ClN4O13P. The Bertz CT molecular complexity index is 2510. The van der Waals surface area contributed by atoms with Gasteiger partial charge in [-0.1, -0.05) is 20.8 Å². The molecule has 5 N–H and O–H groups in total. The van der Waals surface area contributed by atoms with Gasteiger partial charge >= 0.3 is 206 Å². The number of esters is 1. The van der Waals surface area contributed by atoms with Crippen LogP contribution >= 0.6 is 17.2 Å². The number of hydrogen-bond acceptors (Lipinski definition) is 15. The molecular weight excluding hydrogens is 1140 g/mol. The minimum atomic E-state index is -3.32. The number of unbranched alkanes of at least 4 members (excludes halogenated alkanes) is 10. The van der Waals surface area contributed by atoms with E-state index in [0.717, 1.165) is 75.7 Å². The molecule has 19 heteroatoms. The number of benzene rings is 2. The average molecular weight is 1250 g/mol. The molecule has 3 aliphatic rings. The predicted molar refractivity (Wildman–Crippen MR) is 341 cm³/mol. The molecule has 0 saturated carbocycles. The maximum absolute atomic E-state index is 14.7. The molecule has 3 aliphatic heterocycles. The first-order chi connectivity index (χ1) is 40.5. The fraction of sp³-hybridized carbons (Fsp3) is 0.746. The summed E-state index contributed by atoms with van der Waals surface area (Å²) in [6.45, 7) is 17.4. The molecule has 1 aromatic heterocycles. The van der Waals surface area contributed by atoms with Crippen LogP contribution in [0.5, 0.6) is 0 Å². The van der Waals surface area contributed by atoms with Crippen molar-refractivity contribution >= 4 is 45.0 Å². The van der Waals surface area contributed by atoms with Crippen LogP contribution in [-0.4, -0.2) is 181 Å². The Balaban J connectivity index is 1.11. The van der Waals surface area contributed by atoms with Gasteiger partial charge in [0, 0.05) is 38.5 Å². The van der Waals surface area contributed by atoms with E-state index in [0.29, 0.717) is 12.8 Å². The smallest absolute Gasteiger partial charge is 0.126 e. The van der Waals surface area contributed by atoms with Crippen molar-refractivity contribution in [3.63, 3.8) is 0 Å². The average Bonchev–Trinajstić information content (AvgIpc) is 1.17. The molecule has 2 aromatic carbocycles. The Labute approximate surface area is 519 Å². The monoisotopic (exact) mass is 1240 g/mol. The maximum atomic E-state index is 14.7. The van der Waals surface area contributed by atoms with Gasteiger partial charge in [-0.2, -0.15) is 0 Å². The summed E-state index contributed by atoms with van der Waals surface area (Å²) >= 11 is 8.26. The van der Waals surface area contributed by atoms with Crippen LogP contribution in [0.4, 0.5) is 0 Å². The molecule has 0 spiro atoms. The van der Waals surface area contributed by atoms with Crippen LogP contribution in [0.25, 0.3) is 0 Å². The topological polar surface area (TPSA) is 215 Å². The molecule has 3 aromatic rings. The SMILES string of the molecule is CC[C@H]1OC(=O)[C@@H](C)[C@@H](O[C@H]2C[C@@](C)(OC)[C@@H](O)[C@H](C)O2)[C@H](C)[C@@H](O[C@@H]2O[C@H](C)C[C@H](N(C)C)[C@H]2O)[C@](C)(O)C[C@@H](C)CN(C(=O)CCCCCCCCCCCCCP(Cl)(c2ccccc2)(c2ccccc2)c2cnn(C)c2)[C@H](C)[C@@H](O)[C@]1(C)O. The van der Waals surface area contributed by atoms with Crippen LogP contribution in [-0.2, 0) is 45.1 Å². The Morgan fingerprint density at radius 2 is 1.35 bits per heavy atom. The van der Waals surface area contributed by atoms with Crippen molar-refractivity contribution < 1.29 is 63.5 Å². The summed E-state index contributed by atoms with van der Waals surface area (Å²) in [6, 6.07) is 19.9. The maximum Gasteiger partial charge on any atom is 0.126 e. The van der Waals surface area contributed by atoms with Crippen molar-refractivity contribution in [2.24, 2.45) is 24.8 Å². The van der Waals surface area contributed by atoms with E-state index in [-0.39, 0.29) is 50.3 Å². The Kier molecular flexibility index (Phi) is 26.2. The number of nitrogens with zero attached hydrogens (tertiary/aromatic N) is 4. The number of methoxy groups -OCH3 is 1. The fourth-order valence-electron chi connectivity index (χ4n) is 14.2. The first-order valence-electron chi connectivity index (χ1n) is 32.2. The summed E-state index contributed by atoms with van der Waals surface area (Å²) in [4.78, 5) is 32.8. The molecule has 0 radical (unpaired) electrons. The number of aromatic nitrogens is 2. The second kappa shape index (κ2) is 31.3. The number of aliphatic hydroxyl groups is 5. The second-order valence-corrected chi connectivity index (χ2v) is 33.5. The number of carbonyl (C=O) groups excluding carboxylic acids is 2. The summed E-state index contributed by atoms with van der Waals surface area (Å²) in [6.07, 6.45) is 6.95. The van der Waals surface area contributed by atoms with Crippen molar-refractivity contribution in [1.29, 1.82) is 0 Å². The molecule has 1 amide bonds. The number of rotatable bonds is 24. The molecule has 3 saturated heterocycles. The van der Waals surface area contributed by atoms with Gasteiger partial charge in [0.2, 0.25) is 5.91 Å². The number of likely N-dealkylation sites (N-methyl/N-ethyl adjacent to an activating group) is 1. The van der Waals surface area contributed by atoms with Gasteiger partial charge in [0.05, 0.1) is 47.6 Å². The van der Waals surface area contributed by atoms with Crippen LogP contribution in [0, 0.1) is 17.8 Å². The molecule has 86 heavy (non-hydrogen) atoms. The third-order valence-corrected chi connectivity index (χ3v) is 27.0. The number of ether oxygens (including phenoxy) is 6. The molecule has 4 heterocycles. The van der Waals surface area contributed by atoms with Gasteiger partial charge in [0.25, 0.3) is 0 Å². The number of halogens is 1. The van der Waals surface area contributed by atoms with Gasteiger partial charge in [0.1, 0.15) is 30.0 Å². The second-order valence-electron chi connectivity index (χ2n) is 26.9. The van der Waals surface area contributed by atoms with E-state index in [4.69, 9.17) is 39.7 Å². The number of cyclic esters (lactones) is 1. The van der Waals surface area contributed by atoms with Crippen LogP contribution < -0.4 is 15.9 Å². The van der Waals surface area contributed by atoms with E-state index in [1.807, 2.05) is 62.9 Å². The first-order valence-corrected chi connectivity index (χ1v) is 35.5. The van der Waals surface area contributed by atoms with Gasteiger partial charge in [-0.3, -0.25) is 9.59 Å². The molecule has 0 unspecified atom stereocenters. The first kappa shape index (κ1) is 71.9. The third kappa shape index (κ3) is 16.9. The minimum absolute atomic E-state index is 0.0685. The summed E-state index contributed by atoms with van der Waals surface area (Å²) in [5.74, 6) is -6.61. The number of carbonyl (C=O) groups is 2. The third-order valence-electron chi connectivity index (χ3n) is 19.5. The number of aryl methyl sites for hydroxylation is 1. The zero-order chi connectivity index (χ0) is 63.4. The summed E-state index contributed by atoms with van der Waals surface area (Å²) in [5, 5.41) is 68.5. The van der Waals surface area contributed by atoms with E-state index in [1.165, 1.54) is 24.6 Å². The zero-order valence-electron chi connectivity index (χ0n) is 54.4. The normalized spacial score (nSPS) is 35.1. The fourth-order valence-corrected chi connectivity index (χ4v) is 20.3. The van der Waals surface area contributed by atoms with Gasteiger partial charge in [-0.05, 0) is 87.7 Å². The van der Waals surface area contributed by atoms with E-state index in [9.17, 15) is 35.1 Å². The Hall–Kier alpha value is -3.13. The van der Waals surface area contributed by atoms with Gasteiger partial charge < -0.3 is 63.8 Å². The van der Waals surface area contributed by atoms with Gasteiger partial charge in [-0.25, -0.2) is 0 Å². The molecule has 18 atom stereocenters. The van der Waals surface area contributed by atoms with E-state index in [1.54, 1.807) is 53.4 Å². The summed E-state index contributed by atoms with van der Waals surface area (Å²) in [7, 11) is 7.21. The van der Waals surface area contributed by atoms with Crippen LogP contribution in [0.2, 0.25) is 0 Å². The molecule has 6 rings (SSSR count). The Morgan fingerprint density at radius 3 is 1.87 bits per heavy atom. The number of aliphatic hydroxyl groups excluding tert-OH is 3. The molecule has 488 valence electrons. The predicted octanol–water partition coefficient (Wildman–Crippen LogP) is 8.90. The van der Waals surface area contributed by atoms with E-state index in [2.05, 4.69) is 59.8 Å². The standard InChI is InChI=1S/C67H110ClN4O13P/c1-15-55-67(10,79)60(75)49(6)72(56(73)37-31-23-21-19-17-16-18-20-22-24-32-38-86(68,51-33-27-25-28-34-51,52-35-29-26-30-36-52)53-42-69-71(13)44-53)43-45(2)40-65(8,78)62(85-64-58(74)54(70(11)12)39-46(3)81-64)47(4)59(48(5)63(77)83-55)84-57-41-66(9,80-14)61(76)50(7)82-57/h25-30,33-36,42,44-50,54-55,57-62,64,74-76,78-79H,15-24,31-32,37-41,43H2,1-14H3/t45-,46-,47+,48+,49-,50+,54+,55-,57+,58-,59+,60-,61+,62-,64+,65-,66-,67-/m1/s1. The molecule has 3 fully saturated rings. The summed E-state index contributed by atoms with van der Waals surface area (Å²) < 4.78 is 40.1. The van der Waals surface area contributed by atoms with Crippen LogP contribution in [0.1, 0.15) is 172 Å². The van der Waals surface area contributed by atoms with Crippen molar-refractivity contribution in [3.8, 4) is 0 Å². The van der Waals surface area contributed by atoms with Crippen molar-refractivity contribution in [3.05, 3.63) is 73.1 Å². The van der Waals surface area contributed by atoms with Gasteiger partial charge in [0.15, 0.2) is 12.6 Å². The largest absolute Gasteiger partial charge is 0.388 e. The summed E-state index contributed by atoms with van der Waals surface area (Å²) in [5.41, 5.74) is -4.81. The quantitative estimate of drug-likeness (QED) is 0.0322. The molecule has 0 aliphatic carbocycles. The molecule has 0 bridgehead atoms. The van der Waals surface area contributed by atoms with Gasteiger partial charge in [-0.15, -0.1) is 0 Å². The van der Waals surface area contributed by atoms with E-state index >= 15 is 0 Å². The van der Waals surface area contributed by atoms with E-state index < -0.39 is 108 Å². The van der Waals surface area contributed by atoms with Crippen LogP contribution in [0.3, 0.4) is 0 Å². The van der Waals surface area contributed by atoms with Crippen molar-refractivity contribution in [2.45, 2.75) is 262 Å². The number of amides is 1. The number of hydrogen-bond donors (Lipinski definition) is 5. The van der Waals surface area contributed by atoms with Crippen molar-refractivity contribution in [1.82, 2.24) is 19.6 Å². The minimum Gasteiger partial charge on any atom is -0.388 e. The van der Waals surface area contributed by atoms with Crippen LogP contribution in [0.15, 0.2) is 73.1 Å². The van der Waals surface area contributed by atoms with Crippen molar-refractivity contribution in [2.75, 3.05) is 33.9 Å². The molecule has 17 nitrogen and oxygen atoms in total. The zero-order valence-corrected chi connectivity index (χ0v) is 56.1.